The quantitative estimate of drug-likeness (QED) is 0.657. The Morgan fingerprint density at radius 3 is 2.58 bits per heavy atom. The molecule has 2 unspecified atom stereocenters. The fourth-order valence-electron chi connectivity index (χ4n) is 2.25. The summed E-state index contributed by atoms with van der Waals surface area (Å²) >= 11 is 0. The van der Waals surface area contributed by atoms with Crippen molar-refractivity contribution in [3.63, 3.8) is 0 Å². The molecule has 2 aliphatic rings. The van der Waals surface area contributed by atoms with E-state index in [9.17, 15) is 4.79 Å². The van der Waals surface area contributed by atoms with Crippen molar-refractivity contribution in [3.05, 3.63) is 0 Å². The molecule has 0 spiro atoms. The molecule has 4 nitrogen and oxygen atoms in total. The van der Waals surface area contributed by atoms with E-state index in [4.69, 9.17) is 9.84 Å². The lowest BCUT2D eigenvalue weighted by Crippen LogP contribution is -2.30. The van der Waals surface area contributed by atoms with Crippen molar-refractivity contribution < 1.29 is 14.6 Å². The average Bonchev–Trinajstić information content (AvgIpc) is 2.51. The number of carbonyl (C=O) groups is 1. The number of hydrogen-bond donors (Lipinski definition) is 1. The normalized spacial score (nSPS) is 38.1. The maximum Gasteiger partial charge on any atom is 0.407 e. The maximum absolute atomic E-state index is 10.5. The Morgan fingerprint density at radius 1 is 1.58 bits per heavy atom. The lowest BCUT2D eigenvalue weighted by atomic mass is 10.3. The second kappa shape index (κ2) is 2.62. The van der Waals surface area contributed by atoms with Crippen molar-refractivity contribution in [3.8, 4) is 0 Å². The van der Waals surface area contributed by atoms with Crippen LogP contribution in [0, 0.1) is 17.8 Å². The third-order valence-corrected chi connectivity index (χ3v) is 3.00. The summed E-state index contributed by atoms with van der Waals surface area (Å²) < 4.78 is 5.03. The number of ether oxygens (including phenoxy) is 1. The van der Waals surface area contributed by atoms with Crippen LogP contribution in [0.1, 0.15) is 0 Å². The van der Waals surface area contributed by atoms with Gasteiger partial charge in [-0.25, -0.2) is 4.79 Å². The van der Waals surface area contributed by atoms with Gasteiger partial charge >= 0.3 is 6.09 Å². The third kappa shape index (κ3) is 1.06. The van der Waals surface area contributed by atoms with E-state index in [-0.39, 0.29) is 0 Å². The summed E-state index contributed by atoms with van der Waals surface area (Å²) in [5.41, 5.74) is 0. The molecule has 1 aliphatic carbocycles. The van der Waals surface area contributed by atoms with Gasteiger partial charge in [-0.1, -0.05) is 0 Å². The summed E-state index contributed by atoms with van der Waals surface area (Å²) in [6.07, 6.45) is -0.779. The van der Waals surface area contributed by atoms with Crippen molar-refractivity contribution in [2.45, 2.75) is 0 Å². The minimum absolute atomic E-state index is 0.584. The van der Waals surface area contributed by atoms with Crippen LogP contribution in [0.3, 0.4) is 0 Å². The van der Waals surface area contributed by atoms with Crippen LogP contribution in [-0.4, -0.2) is 42.9 Å². The van der Waals surface area contributed by atoms with Crippen molar-refractivity contribution >= 4 is 6.09 Å². The Kier molecular flexibility index (Phi) is 1.72. The van der Waals surface area contributed by atoms with Gasteiger partial charge in [0.1, 0.15) is 0 Å². The van der Waals surface area contributed by atoms with Crippen LogP contribution in [0.25, 0.3) is 0 Å². The highest BCUT2D eigenvalue weighted by Gasteiger charge is 2.56. The molecule has 0 aromatic heterocycles. The lowest BCUT2D eigenvalue weighted by molar-refractivity contribution is 0.136. The first kappa shape index (κ1) is 7.86. The van der Waals surface area contributed by atoms with E-state index in [1.165, 1.54) is 4.90 Å². The third-order valence-electron chi connectivity index (χ3n) is 3.00. The summed E-state index contributed by atoms with van der Waals surface area (Å²) in [5, 5.41) is 8.66. The van der Waals surface area contributed by atoms with Gasteiger partial charge in [0, 0.05) is 26.8 Å². The fraction of sp³-hybridized carbons (Fsp3) is 0.875. The molecule has 0 radical (unpaired) electrons. The molecule has 2 rings (SSSR count). The Hall–Kier alpha value is -0.770. The second-order valence-corrected chi connectivity index (χ2v) is 3.63. The van der Waals surface area contributed by atoms with E-state index in [2.05, 4.69) is 0 Å². The molecule has 2 fully saturated rings. The zero-order valence-electron chi connectivity index (χ0n) is 7.06. The zero-order valence-corrected chi connectivity index (χ0v) is 7.06. The first-order valence-electron chi connectivity index (χ1n) is 4.21. The molecular formula is C8H13NO3. The zero-order chi connectivity index (χ0) is 8.72. The monoisotopic (exact) mass is 171 g/mol. The molecule has 68 valence electrons. The standard InChI is InChI=1S/C8H13NO3/c1-12-4-7-5-2-9(8(10)11)3-6(5)7/h5-7H,2-4H2,1H3,(H,10,11)/t5-,6?,7?/m0/s1. The van der Waals surface area contributed by atoms with Crippen LogP contribution in [0.4, 0.5) is 4.79 Å². The average molecular weight is 171 g/mol. The summed E-state index contributed by atoms with van der Waals surface area (Å²) in [5.74, 6) is 1.80. The van der Waals surface area contributed by atoms with Crippen molar-refractivity contribution in [1.29, 1.82) is 0 Å². The first-order valence-corrected chi connectivity index (χ1v) is 4.21. The van der Waals surface area contributed by atoms with Crippen LogP contribution in [0.15, 0.2) is 0 Å². The molecule has 1 heterocycles. The molecule has 4 heteroatoms. The minimum atomic E-state index is -0.779. The highest BCUT2D eigenvalue weighted by atomic mass is 16.5. The van der Waals surface area contributed by atoms with E-state index >= 15 is 0 Å². The molecule has 1 saturated heterocycles. The Bertz CT molecular complexity index is 194. The molecule has 12 heavy (non-hydrogen) atoms. The summed E-state index contributed by atoms with van der Waals surface area (Å²) in [7, 11) is 1.70. The predicted molar refractivity (Wildman–Crippen MR) is 41.9 cm³/mol. The fourth-order valence-corrected chi connectivity index (χ4v) is 2.25. The molecular weight excluding hydrogens is 158 g/mol. The summed E-state index contributed by atoms with van der Waals surface area (Å²) in [4.78, 5) is 12.0. The number of likely N-dealkylation sites (tertiary alicyclic amines) is 1. The van der Waals surface area contributed by atoms with Gasteiger partial charge in [0.15, 0.2) is 0 Å². The van der Waals surface area contributed by atoms with Crippen molar-refractivity contribution in [2.24, 2.45) is 17.8 Å². The lowest BCUT2D eigenvalue weighted by Gasteiger charge is -2.15. The number of hydrogen-bond acceptors (Lipinski definition) is 2. The number of rotatable bonds is 2. The number of methoxy groups -OCH3 is 1. The largest absolute Gasteiger partial charge is 0.465 e. The van der Waals surface area contributed by atoms with Crippen LogP contribution in [0.2, 0.25) is 0 Å². The number of nitrogens with zero attached hydrogens (tertiary/aromatic N) is 1. The van der Waals surface area contributed by atoms with E-state index in [1.807, 2.05) is 0 Å². The van der Waals surface area contributed by atoms with Crippen molar-refractivity contribution in [2.75, 3.05) is 26.8 Å². The smallest absolute Gasteiger partial charge is 0.407 e. The number of amides is 1. The number of fused-ring (bicyclic) bond motifs is 1. The molecule has 0 aromatic rings. The highest BCUT2D eigenvalue weighted by Crippen LogP contribution is 2.51. The molecule has 0 aromatic carbocycles. The summed E-state index contributed by atoms with van der Waals surface area (Å²) in [6.45, 7) is 2.23. The minimum Gasteiger partial charge on any atom is -0.465 e. The maximum atomic E-state index is 10.5. The summed E-state index contributed by atoms with van der Waals surface area (Å²) in [6, 6.07) is 0. The van der Waals surface area contributed by atoms with Crippen LogP contribution in [-0.2, 0) is 4.74 Å². The molecule has 1 aliphatic heterocycles. The number of piperidine rings is 1. The van der Waals surface area contributed by atoms with Gasteiger partial charge in [-0.3, -0.25) is 0 Å². The van der Waals surface area contributed by atoms with Gasteiger partial charge in [0.25, 0.3) is 0 Å². The van der Waals surface area contributed by atoms with Crippen molar-refractivity contribution in [1.82, 2.24) is 4.90 Å². The van der Waals surface area contributed by atoms with Gasteiger partial charge in [-0.05, 0) is 17.8 Å². The van der Waals surface area contributed by atoms with Gasteiger partial charge in [0.2, 0.25) is 0 Å². The first-order chi connectivity index (χ1) is 5.74. The Morgan fingerprint density at radius 2 is 2.17 bits per heavy atom. The van der Waals surface area contributed by atoms with Crippen LogP contribution >= 0.6 is 0 Å². The van der Waals surface area contributed by atoms with E-state index in [0.717, 1.165) is 6.61 Å². The molecule has 0 bridgehead atoms. The van der Waals surface area contributed by atoms with Gasteiger partial charge in [0.05, 0.1) is 0 Å². The highest BCUT2D eigenvalue weighted by molar-refractivity contribution is 5.65. The van der Waals surface area contributed by atoms with Gasteiger partial charge in [-0.15, -0.1) is 0 Å². The predicted octanol–water partition coefficient (Wildman–Crippen LogP) is 0.489. The SMILES string of the molecule is COCC1C2CN(C(=O)O)C[C@H]12. The van der Waals surface area contributed by atoms with Gasteiger partial charge < -0.3 is 14.7 Å². The molecule has 3 atom stereocenters. The molecule has 1 amide bonds. The molecule has 1 N–H and O–H groups in total. The van der Waals surface area contributed by atoms with E-state index in [1.54, 1.807) is 7.11 Å². The second-order valence-electron chi connectivity index (χ2n) is 3.63. The van der Waals surface area contributed by atoms with Crippen LogP contribution in [0.5, 0.6) is 0 Å². The van der Waals surface area contributed by atoms with Gasteiger partial charge in [-0.2, -0.15) is 0 Å². The molecule has 1 saturated carbocycles. The number of carboxylic acid groups (broad SMARTS) is 1. The topological polar surface area (TPSA) is 49.8 Å². The van der Waals surface area contributed by atoms with E-state index < -0.39 is 6.09 Å². The Labute approximate surface area is 71.1 Å². The van der Waals surface area contributed by atoms with E-state index in [0.29, 0.717) is 30.8 Å². The Balaban J connectivity index is 1.82. The van der Waals surface area contributed by atoms with Crippen LogP contribution < -0.4 is 0 Å².